The van der Waals surface area contributed by atoms with Crippen LogP contribution in [0, 0.1) is 0 Å². The molecule has 1 aromatic heterocycles. The molecule has 0 saturated carbocycles. The van der Waals surface area contributed by atoms with Crippen LogP contribution in [0.2, 0.25) is 0 Å². The summed E-state index contributed by atoms with van der Waals surface area (Å²) in [5.41, 5.74) is 0.266. The van der Waals surface area contributed by atoms with Crippen LogP contribution < -0.4 is 20.1 Å². The molecule has 0 aliphatic carbocycles. The molecule has 2 aromatic rings. The number of methoxy groups -OCH3 is 1. The second kappa shape index (κ2) is 9.72. The van der Waals surface area contributed by atoms with E-state index < -0.39 is 0 Å². The van der Waals surface area contributed by atoms with Crippen LogP contribution in [-0.2, 0) is 4.74 Å². The van der Waals surface area contributed by atoms with Gasteiger partial charge in [-0.3, -0.25) is 4.79 Å². The summed E-state index contributed by atoms with van der Waals surface area (Å²) in [5.74, 6) is 1.82. The van der Waals surface area contributed by atoms with Gasteiger partial charge in [0.15, 0.2) is 0 Å². The van der Waals surface area contributed by atoms with Crippen molar-refractivity contribution in [2.45, 2.75) is 18.9 Å². The lowest BCUT2D eigenvalue weighted by atomic mass is 10.2. The van der Waals surface area contributed by atoms with Crippen LogP contribution in [0.1, 0.15) is 23.3 Å². The van der Waals surface area contributed by atoms with Crippen LogP contribution in [0.4, 0.5) is 5.82 Å². The molecule has 0 bridgehead atoms. The third-order valence-corrected chi connectivity index (χ3v) is 4.14. The average Bonchev–Trinajstić information content (AvgIpc) is 3.24. The molecule has 27 heavy (non-hydrogen) atoms. The van der Waals surface area contributed by atoms with E-state index >= 15 is 0 Å². The zero-order valence-corrected chi connectivity index (χ0v) is 15.3. The molecule has 1 atom stereocenters. The van der Waals surface area contributed by atoms with Gasteiger partial charge in [0, 0.05) is 13.2 Å². The smallest absolute Gasteiger partial charge is 0.271 e. The zero-order valence-electron chi connectivity index (χ0n) is 15.3. The number of carbonyl (C=O) groups excluding carboxylic acids is 1. The second-order valence-corrected chi connectivity index (χ2v) is 6.08. The Morgan fingerprint density at radius 1 is 1.22 bits per heavy atom. The molecule has 1 aliphatic rings. The van der Waals surface area contributed by atoms with Crippen molar-refractivity contribution >= 4 is 11.7 Å². The van der Waals surface area contributed by atoms with E-state index in [0.29, 0.717) is 31.3 Å². The minimum Gasteiger partial charge on any atom is -0.497 e. The lowest BCUT2D eigenvalue weighted by Crippen LogP contribution is -2.29. The highest BCUT2D eigenvalue weighted by atomic mass is 16.5. The van der Waals surface area contributed by atoms with Gasteiger partial charge in [-0.05, 0) is 37.1 Å². The van der Waals surface area contributed by atoms with Gasteiger partial charge in [-0.2, -0.15) is 0 Å². The lowest BCUT2D eigenvalue weighted by molar-refractivity contribution is 0.0941. The van der Waals surface area contributed by atoms with E-state index in [1.807, 2.05) is 24.3 Å². The highest BCUT2D eigenvalue weighted by molar-refractivity contribution is 5.91. The van der Waals surface area contributed by atoms with Crippen LogP contribution >= 0.6 is 0 Å². The Labute approximate surface area is 158 Å². The Hall–Kier alpha value is -2.87. The number of nitrogens with one attached hydrogen (secondary N) is 2. The van der Waals surface area contributed by atoms with Gasteiger partial charge >= 0.3 is 0 Å². The maximum atomic E-state index is 12.1. The molecule has 1 saturated heterocycles. The first-order chi connectivity index (χ1) is 13.2. The summed E-state index contributed by atoms with van der Waals surface area (Å²) >= 11 is 0. The van der Waals surface area contributed by atoms with Crippen molar-refractivity contribution in [2.75, 3.05) is 38.7 Å². The second-order valence-electron chi connectivity index (χ2n) is 6.08. The number of benzene rings is 1. The van der Waals surface area contributed by atoms with Crippen LogP contribution in [0.25, 0.3) is 0 Å². The number of nitrogens with zero attached hydrogens (tertiary/aromatic N) is 2. The molecule has 1 aliphatic heterocycles. The summed E-state index contributed by atoms with van der Waals surface area (Å²) in [7, 11) is 1.61. The molecule has 3 rings (SSSR count). The number of hydrogen-bond acceptors (Lipinski definition) is 7. The highest BCUT2D eigenvalue weighted by Crippen LogP contribution is 2.16. The first-order valence-corrected chi connectivity index (χ1v) is 8.97. The van der Waals surface area contributed by atoms with E-state index in [1.165, 1.54) is 6.20 Å². The van der Waals surface area contributed by atoms with E-state index in [2.05, 4.69) is 20.6 Å². The molecule has 8 nitrogen and oxygen atoms in total. The monoisotopic (exact) mass is 372 g/mol. The topological polar surface area (TPSA) is 94.6 Å². The van der Waals surface area contributed by atoms with Crippen LogP contribution in [0.3, 0.4) is 0 Å². The van der Waals surface area contributed by atoms with Crippen LogP contribution in [0.5, 0.6) is 11.5 Å². The maximum absolute atomic E-state index is 12.1. The molecule has 0 radical (unpaired) electrons. The number of aromatic nitrogens is 2. The van der Waals surface area contributed by atoms with Crippen molar-refractivity contribution in [1.82, 2.24) is 15.3 Å². The number of rotatable bonds is 9. The molecule has 1 unspecified atom stereocenters. The Kier molecular flexibility index (Phi) is 6.81. The van der Waals surface area contributed by atoms with Gasteiger partial charge in [0.1, 0.15) is 29.6 Å². The molecule has 1 amide bonds. The predicted molar refractivity (Wildman–Crippen MR) is 100 cm³/mol. The number of anilines is 1. The largest absolute Gasteiger partial charge is 0.497 e. The first-order valence-electron chi connectivity index (χ1n) is 8.97. The van der Waals surface area contributed by atoms with Crippen LogP contribution in [-0.4, -0.2) is 55.4 Å². The fraction of sp³-hybridized carbons (Fsp3) is 0.421. The Bertz CT molecular complexity index is 715. The quantitative estimate of drug-likeness (QED) is 0.649. The minimum absolute atomic E-state index is 0.223. The number of hydrogen-bond donors (Lipinski definition) is 2. The maximum Gasteiger partial charge on any atom is 0.271 e. The van der Waals surface area contributed by atoms with Gasteiger partial charge in [0.05, 0.1) is 32.2 Å². The fourth-order valence-corrected chi connectivity index (χ4v) is 2.66. The van der Waals surface area contributed by atoms with E-state index in [1.54, 1.807) is 13.3 Å². The van der Waals surface area contributed by atoms with Crippen molar-refractivity contribution in [3.63, 3.8) is 0 Å². The van der Waals surface area contributed by atoms with Crippen molar-refractivity contribution in [3.8, 4) is 11.5 Å². The van der Waals surface area contributed by atoms with Gasteiger partial charge in [-0.15, -0.1) is 0 Å². The van der Waals surface area contributed by atoms with Crippen molar-refractivity contribution < 1.29 is 19.0 Å². The fourth-order valence-electron chi connectivity index (χ4n) is 2.66. The molecular weight excluding hydrogens is 348 g/mol. The normalized spacial score (nSPS) is 16.0. The third kappa shape index (κ3) is 5.82. The van der Waals surface area contributed by atoms with E-state index in [0.717, 1.165) is 25.2 Å². The van der Waals surface area contributed by atoms with E-state index in [4.69, 9.17) is 14.2 Å². The van der Waals surface area contributed by atoms with Gasteiger partial charge < -0.3 is 24.8 Å². The van der Waals surface area contributed by atoms with Gasteiger partial charge in [0.2, 0.25) is 0 Å². The molecule has 2 heterocycles. The summed E-state index contributed by atoms with van der Waals surface area (Å²) in [4.78, 5) is 20.5. The minimum atomic E-state index is -0.286. The molecule has 1 aromatic carbocycles. The van der Waals surface area contributed by atoms with Crippen molar-refractivity contribution in [3.05, 3.63) is 42.4 Å². The zero-order chi connectivity index (χ0) is 18.9. The predicted octanol–water partition coefficient (Wildman–Crippen LogP) is 1.88. The van der Waals surface area contributed by atoms with Gasteiger partial charge in [-0.1, -0.05) is 0 Å². The first kappa shape index (κ1) is 18.9. The molecule has 144 valence electrons. The summed E-state index contributed by atoms with van der Waals surface area (Å²) < 4.78 is 16.2. The summed E-state index contributed by atoms with van der Waals surface area (Å²) in [5, 5.41) is 5.93. The standard InChI is InChI=1S/C19H24N4O4/c1-25-14-4-6-15(7-5-14)27-10-8-20-19(24)17-12-23-18(13-21-17)22-11-16-3-2-9-26-16/h4-7,12-13,16H,2-3,8-11H2,1H3,(H,20,24)(H,22,23). The summed E-state index contributed by atoms with van der Waals surface area (Å²) in [6.07, 6.45) is 5.38. The van der Waals surface area contributed by atoms with Gasteiger partial charge in [0.25, 0.3) is 5.91 Å². The molecule has 8 heteroatoms. The summed E-state index contributed by atoms with van der Waals surface area (Å²) in [6, 6.07) is 7.26. The van der Waals surface area contributed by atoms with E-state index in [-0.39, 0.29) is 17.7 Å². The van der Waals surface area contributed by atoms with Crippen molar-refractivity contribution in [1.29, 1.82) is 0 Å². The molecule has 2 N–H and O–H groups in total. The van der Waals surface area contributed by atoms with Crippen LogP contribution in [0.15, 0.2) is 36.7 Å². The van der Waals surface area contributed by atoms with Crippen molar-refractivity contribution in [2.24, 2.45) is 0 Å². The number of amides is 1. The molecule has 0 spiro atoms. The highest BCUT2D eigenvalue weighted by Gasteiger charge is 2.15. The summed E-state index contributed by atoms with van der Waals surface area (Å²) in [6.45, 7) is 2.24. The van der Waals surface area contributed by atoms with Gasteiger partial charge in [-0.25, -0.2) is 9.97 Å². The molecular formula is C19H24N4O4. The van der Waals surface area contributed by atoms with E-state index in [9.17, 15) is 4.79 Å². The Morgan fingerprint density at radius 3 is 2.70 bits per heavy atom. The lowest BCUT2D eigenvalue weighted by Gasteiger charge is -2.11. The SMILES string of the molecule is COc1ccc(OCCNC(=O)c2cnc(NCC3CCCO3)cn2)cc1. The number of ether oxygens (including phenoxy) is 3. The Balaban J connectivity index is 1.37. The Morgan fingerprint density at radius 2 is 2.04 bits per heavy atom. The number of carbonyl (C=O) groups is 1. The molecule has 1 fully saturated rings. The average molecular weight is 372 g/mol. The third-order valence-electron chi connectivity index (χ3n) is 4.14.